The van der Waals surface area contributed by atoms with Crippen molar-refractivity contribution in [1.82, 2.24) is 4.98 Å². The number of nitrogens with zero attached hydrogens (tertiary/aromatic N) is 1. The molecule has 1 nitrogen and oxygen atoms in total. The predicted octanol–water partition coefficient (Wildman–Crippen LogP) is 8.07. The van der Waals surface area contributed by atoms with Crippen molar-refractivity contribution in [1.29, 1.82) is 0 Å². The first kappa shape index (κ1) is 19.3. The summed E-state index contributed by atoms with van der Waals surface area (Å²) in [4.78, 5) is 4.86. The fraction of sp³-hybridized carbons (Fsp3) is 0.179. The van der Waals surface area contributed by atoms with E-state index in [2.05, 4.69) is 87.5 Å². The molecule has 0 unspecified atom stereocenters. The van der Waals surface area contributed by atoms with Gasteiger partial charge in [-0.15, -0.1) is 0 Å². The van der Waals surface area contributed by atoms with Crippen LogP contribution in [0.5, 0.6) is 0 Å². The van der Waals surface area contributed by atoms with Crippen LogP contribution in [0.1, 0.15) is 26.3 Å². The predicted molar refractivity (Wildman–Crippen MR) is 138 cm³/mol. The molecule has 6 aromatic rings. The molecule has 3 aromatic heterocycles. The summed E-state index contributed by atoms with van der Waals surface area (Å²) in [6.45, 7) is 6.91. The molecule has 0 aliphatic heterocycles. The van der Waals surface area contributed by atoms with E-state index in [0.29, 0.717) is 19.9 Å². The van der Waals surface area contributed by atoms with E-state index in [1.54, 1.807) is 0 Å². The molecule has 152 valence electrons. The zero-order chi connectivity index (χ0) is 21.2. The molecule has 0 aliphatic rings. The Morgan fingerprint density at radius 2 is 1.61 bits per heavy atom. The van der Waals surface area contributed by atoms with Crippen LogP contribution in [-0.2, 0) is 6.42 Å². The zero-order valence-electron chi connectivity index (χ0n) is 17.9. The Hall–Kier alpha value is -2.45. The monoisotopic (exact) mass is 485 g/mol. The van der Waals surface area contributed by atoms with Crippen LogP contribution in [0.4, 0.5) is 0 Å². The van der Waals surface area contributed by atoms with Crippen molar-refractivity contribution in [3.63, 3.8) is 0 Å². The molecule has 0 saturated heterocycles. The third-order valence-corrected chi connectivity index (χ3v) is 9.44. The first-order valence-electron chi connectivity index (χ1n) is 10.7. The number of benzene rings is 3. The summed E-state index contributed by atoms with van der Waals surface area (Å²) in [5.74, 6) is 0. The quantitative estimate of drug-likeness (QED) is 0.227. The molecule has 3 aromatic carbocycles. The van der Waals surface area contributed by atoms with Gasteiger partial charge in [0.05, 0.1) is 0 Å². The summed E-state index contributed by atoms with van der Waals surface area (Å²) in [6.07, 6.45) is 3.08. The third-order valence-electron chi connectivity index (χ3n) is 5.83. The Morgan fingerprint density at radius 1 is 0.806 bits per heavy atom. The van der Waals surface area contributed by atoms with Crippen LogP contribution >= 0.6 is 11.3 Å². The molecule has 31 heavy (non-hydrogen) atoms. The van der Waals surface area contributed by atoms with Crippen molar-refractivity contribution in [2.24, 2.45) is 5.41 Å². The minimum atomic E-state index is 0.296. The van der Waals surface area contributed by atoms with Gasteiger partial charge >= 0.3 is 193 Å². The molecule has 6 rings (SSSR count). The second-order valence-corrected chi connectivity index (χ2v) is 12.8. The fourth-order valence-corrected chi connectivity index (χ4v) is 8.25. The van der Waals surface area contributed by atoms with Crippen molar-refractivity contribution in [2.45, 2.75) is 27.2 Å². The van der Waals surface area contributed by atoms with Crippen LogP contribution in [0.25, 0.3) is 50.7 Å². The zero-order valence-corrected chi connectivity index (χ0v) is 20.4. The van der Waals surface area contributed by atoms with E-state index in [-0.39, 0.29) is 0 Å². The fourth-order valence-electron chi connectivity index (χ4n) is 4.53. The van der Waals surface area contributed by atoms with Gasteiger partial charge in [0, 0.05) is 0 Å². The second kappa shape index (κ2) is 7.03. The van der Waals surface area contributed by atoms with Crippen LogP contribution in [0.3, 0.4) is 0 Å². The number of rotatable bonds is 2. The number of aromatic nitrogens is 1. The summed E-state index contributed by atoms with van der Waals surface area (Å²) < 4.78 is 5.56. The third kappa shape index (κ3) is 3.32. The van der Waals surface area contributed by atoms with Gasteiger partial charge in [-0.3, -0.25) is 0 Å². The number of pyridine rings is 1. The maximum atomic E-state index is 4.86. The Morgan fingerprint density at radius 3 is 2.45 bits per heavy atom. The molecule has 3 heteroatoms. The van der Waals surface area contributed by atoms with Crippen molar-refractivity contribution in [3.05, 3.63) is 78.5 Å². The van der Waals surface area contributed by atoms with Crippen molar-refractivity contribution in [3.8, 4) is 10.1 Å². The minimum absolute atomic E-state index is 0.296. The Labute approximate surface area is 192 Å². The van der Waals surface area contributed by atoms with Crippen molar-refractivity contribution < 1.29 is 0 Å². The van der Waals surface area contributed by atoms with Crippen LogP contribution in [0, 0.1) is 5.41 Å². The number of thiophene rings is 1. The summed E-state index contributed by atoms with van der Waals surface area (Å²) in [5.41, 5.74) is 2.89. The maximum absolute atomic E-state index is 4.86. The van der Waals surface area contributed by atoms with E-state index in [1.165, 1.54) is 56.3 Å². The van der Waals surface area contributed by atoms with Crippen LogP contribution in [0.15, 0.2) is 72.9 Å². The number of fused-ring (bicyclic) bond motifs is 6. The first-order chi connectivity index (χ1) is 15.0. The summed E-state index contributed by atoms with van der Waals surface area (Å²) in [5, 5.41) is 6.74. The van der Waals surface area contributed by atoms with E-state index in [0.717, 1.165) is 6.42 Å². The van der Waals surface area contributed by atoms with Gasteiger partial charge in [-0.05, 0) is 0 Å². The molecule has 0 radical (unpaired) electrons. The van der Waals surface area contributed by atoms with Gasteiger partial charge in [0.2, 0.25) is 0 Å². The van der Waals surface area contributed by atoms with Gasteiger partial charge in [0.15, 0.2) is 0 Å². The van der Waals surface area contributed by atoms with Crippen LogP contribution in [-0.4, -0.2) is 19.5 Å². The Balaban J connectivity index is 1.57. The SMILES string of the molecule is CC(C)(C)Cc1ccc2c(ccc3c4ccnc(-c5cc6ccccc6[se]5)c4sc23)c1. The first-order valence-corrected chi connectivity index (χ1v) is 13.2. The van der Waals surface area contributed by atoms with Gasteiger partial charge < -0.3 is 0 Å². The molecule has 0 fully saturated rings. The molecule has 0 bridgehead atoms. The molecule has 3 heterocycles. The Kier molecular flexibility index (Phi) is 4.37. The van der Waals surface area contributed by atoms with Gasteiger partial charge in [-0.2, -0.15) is 0 Å². The Bertz CT molecular complexity index is 1560. The molecule has 0 N–H and O–H groups in total. The molecule has 0 aliphatic carbocycles. The van der Waals surface area contributed by atoms with Gasteiger partial charge in [-0.1, -0.05) is 0 Å². The molecular formula is C28H23NSSe. The average Bonchev–Trinajstić information content (AvgIpc) is 3.33. The molecule has 0 amide bonds. The molecule has 0 spiro atoms. The summed E-state index contributed by atoms with van der Waals surface area (Å²) >= 11 is 2.23. The van der Waals surface area contributed by atoms with Crippen molar-refractivity contribution >= 4 is 66.4 Å². The number of hydrogen-bond acceptors (Lipinski definition) is 2. The van der Waals surface area contributed by atoms with Crippen LogP contribution in [0.2, 0.25) is 0 Å². The second-order valence-electron chi connectivity index (χ2n) is 9.52. The van der Waals surface area contributed by atoms with Crippen LogP contribution < -0.4 is 0 Å². The van der Waals surface area contributed by atoms with Crippen molar-refractivity contribution in [2.75, 3.05) is 0 Å². The topological polar surface area (TPSA) is 12.9 Å². The normalized spacial score (nSPS) is 12.5. The van der Waals surface area contributed by atoms with Gasteiger partial charge in [0.25, 0.3) is 0 Å². The average molecular weight is 485 g/mol. The van der Waals surface area contributed by atoms with Gasteiger partial charge in [-0.25, -0.2) is 0 Å². The molecule has 0 atom stereocenters. The van der Waals surface area contributed by atoms with E-state index >= 15 is 0 Å². The molecular weight excluding hydrogens is 461 g/mol. The summed E-state index contributed by atoms with van der Waals surface area (Å²) in [6, 6.07) is 24.9. The number of hydrogen-bond donors (Lipinski definition) is 0. The molecule has 0 saturated carbocycles. The standard InChI is InChI=1S/C28H23NSSe/c1-28(2,3)16-17-8-10-20-18(14-17)9-11-21-22-12-13-29-25(27(22)30-26(20)21)24-15-19-6-4-5-7-23(19)31-24/h4-15H,16H2,1-3H3. The van der Waals surface area contributed by atoms with E-state index in [9.17, 15) is 0 Å². The van der Waals surface area contributed by atoms with E-state index < -0.39 is 0 Å². The summed E-state index contributed by atoms with van der Waals surface area (Å²) in [7, 11) is 0. The van der Waals surface area contributed by atoms with E-state index in [1.807, 2.05) is 17.5 Å². The van der Waals surface area contributed by atoms with Gasteiger partial charge in [0.1, 0.15) is 0 Å². The van der Waals surface area contributed by atoms with E-state index in [4.69, 9.17) is 4.98 Å².